The minimum atomic E-state index is -4.62. The van der Waals surface area contributed by atoms with Gasteiger partial charge >= 0.3 is 12.2 Å². The van der Waals surface area contributed by atoms with Crippen LogP contribution in [-0.2, 0) is 16.6 Å². The van der Waals surface area contributed by atoms with Crippen LogP contribution in [0.5, 0.6) is 6.01 Å². The molecule has 1 amide bonds. The number of sulfonamides is 1. The molecule has 0 spiro atoms. The van der Waals surface area contributed by atoms with E-state index in [1.54, 1.807) is 0 Å². The Morgan fingerprint density at radius 1 is 0.900 bits per heavy atom. The lowest BCUT2D eigenvalue weighted by molar-refractivity contribution is -0.154. The molecule has 0 saturated carbocycles. The first-order valence-electron chi connectivity index (χ1n) is 11.3. The SMILES string of the molecule is NS(=O)(=O)c1ccc(NC(=O)c2ccc(-c3nc(NCc4ccc(F)cc4)nc(OCC(F)(F)F)n3)cc2)cc1. The monoisotopic (exact) mass is 576 g/mol. The van der Waals surface area contributed by atoms with Crippen molar-refractivity contribution in [1.82, 2.24) is 15.0 Å². The van der Waals surface area contributed by atoms with Crippen LogP contribution in [0.3, 0.4) is 0 Å². The topological polar surface area (TPSA) is 149 Å². The van der Waals surface area contributed by atoms with E-state index in [0.29, 0.717) is 16.8 Å². The molecule has 1 heterocycles. The van der Waals surface area contributed by atoms with Crippen LogP contribution in [0.4, 0.5) is 29.2 Å². The van der Waals surface area contributed by atoms with Crippen molar-refractivity contribution in [3.8, 4) is 17.4 Å². The van der Waals surface area contributed by atoms with Crippen LogP contribution in [0.2, 0.25) is 0 Å². The molecule has 0 fully saturated rings. The first-order chi connectivity index (χ1) is 18.9. The van der Waals surface area contributed by atoms with Gasteiger partial charge in [0, 0.05) is 23.4 Å². The van der Waals surface area contributed by atoms with Crippen LogP contribution < -0.4 is 20.5 Å². The van der Waals surface area contributed by atoms with E-state index in [4.69, 9.17) is 9.88 Å². The van der Waals surface area contributed by atoms with Crippen LogP contribution in [0.1, 0.15) is 15.9 Å². The van der Waals surface area contributed by atoms with Gasteiger partial charge in [0.05, 0.1) is 4.90 Å². The highest BCUT2D eigenvalue weighted by molar-refractivity contribution is 7.89. The van der Waals surface area contributed by atoms with Crippen molar-refractivity contribution in [1.29, 1.82) is 0 Å². The third-order valence-electron chi connectivity index (χ3n) is 5.19. The van der Waals surface area contributed by atoms with Gasteiger partial charge < -0.3 is 15.4 Å². The molecule has 0 aliphatic rings. The third kappa shape index (κ3) is 7.94. The Morgan fingerprint density at radius 3 is 2.15 bits per heavy atom. The lowest BCUT2D eigenvalue weighted by atomic mass is 10.1. The average molecular weight is 577 g/mol. The second-order valence-corrected chi connectivity index (χ2v) is 9.81. The van der Waals surface area contributed by atoms with E-state index in [-0.39, 0.29) is 28.8 Å². The summed E-state index contributed by atoms with van der Waals surface area (Å²) in [6.45, 7) is -1.48. The second-order valence-electron chi connectivity index (χ2n) is 8.25. The number of hydrogen-bond acceptors (Lipinski definition) is 8. The minimum Gasteiger partial charge on any atom is -0.454 e. The number of primary sulfonamides is 1. The predicted molar refractivity (Wildman–Crippen MR) is 136 cm³/mol. The number of nitrogens with zero attached hydrogens (tertiary/aromatic N) is 3. The molecule has 4 N–H and O–H groups in total. The number of rotatable bonds is 9. The van der Waals surface area contributed by atoms with E-state index in [2.05, 4.69) is 25.6 Å². The fourth-order valence-electron chi connectivity index (χ4n) is 3.26. The summed E-state index contributed by atoms with van der Waals surface area (Å²) in [4.78, 5) is 24.5. The minimum absolute atomic E-state index is 0.0284. The summed E-state index contributed by atoms with van der Waals surface area (Å²) in [7, 11) is -3.88. The van der Waals surface area contributed by atoms with Crippen molar-refractivity contribution in [3.05, 3.63) is 89.7 Å². The Kier molecular flexibility index (Phi) is 8.25. The van der Waals surface area contributed by atoms with Gasteiger partial charge in [-0.2, -0.15) is 28.1 Å². The quantitative estimate of drug-likeness (QED) is 0.252. The molecule has 1 aromatic heterocycles. The molecule has 0 saturated heterocycles. The number of anilines is 2. The molecule has 0 atom stereocenters. The molecule has 0 aliphatic heterocycles. The molecule has 40 heavy (non-hydrogen) atoms. The van der Waals surface area contributed by atoms with Gasteiger partial charge in [0.1, 0.15) is 5.82 Å². The van der Waals surface area contributed by atoms with Gasteiger partial charge in [-0.3, -0.25) is 4.79 Å². The maximum absolute atomic E-state index is 13.2. The lowest BCUT2D eigenvalue weighted by Crippen LogP contribution is -2.20. The number of aromatic nitrogens is 3. The van der Waals surface area contributed by atoms with Gasteiger partial charge in [-0.05, 0) is 54.1 Å². The molecule has 4 rings (SSSR count). The van der Waals surface area contributed by atoms with Crippen LogP contribution in [0, 0.1) is 5.82 Å². The molecule has 10 nitrogen and oxygen atoms in total. The smallest absolute Gasteiger partial charge is 0.422 e. The summed E-state index contributed by atoms with van der Waals surface area (Å²) in [5.74, 6) is -1.05. The van der Waals surface area contributed by atoms with Crippen molar-refractivity contribution in [2.45, 2.75) is 17.6 Å². The van der Waals surface area contributed by atoms with Gasteiger partial charge in [-0.15, -0.1) is 0 Å². The summed E-state index contributed by atoms with van der Waals surface area (Å²) >= 11 is 0. The molecule has 208 valence electrons. The van der Waals surface area contributed by atoms with Gasteiger partial charge in [0.15, 0.2) is 12.4 Å². The Balaban J connectivity index is 1.52. The number of alkyl halides is 3. The molecular formula is C25H20F4N6O4S. The van der Waals surface area contributed by atoms with E-state index >= 15 is 0 Å². The summed E-state index contributed by atoms with van der Waals surface area (Å²) < 4.78 is 78.7. The molecule has 0 unspecified atom stereocenters. The molecule has 15 heteroatoms. The third-order valence-corrected chi connectivity index (χ3v) is 6.12. The van der Waals surface area contributed by atoms with E-state index in [1.807, 2.05) is 0 Å². The normalized spacial score (nSPS) is 11.6. The van der Waals surface area contributed by atoms with E-state index in [1.165, 1.54) is 72.8 Å². The highest BCUT2D eigenvalue weighted by atomic mass is 32.2. The van der Waals surface area contributed by atoms with Crippen LogP contribution in [-0.4, -0.2) is 42.1 Å². The zero-order chi connectivity index (χ0) is 28.9. The van der Waals surface area contributed by atoms with Crippen LogP contribution in [0.25, 0.3) is 11.4 Å². The van der Waals surface area contributed by atoms with E-state index in [9.17, 15) is 30.8 Å². The fraction of sp³-hybridized carbons (Fsp3) is 0.120. The number of nitrogens with one attached hydrogen (secondary N) is 2. The first kappa shape index (κ1) is 28.4. The number of hydrogen-bond donors (Lipinski definition) is 3. The molecule has 3 aromatic carbocycles. The molecule has 0 radical (unpaired) electrons. The summed E-state index contributed by atoms with van der Waals surface area (Å²) in [6, 6.07) is 16.0. The number of halogens is 4. The number of nitrogens with two attached hydrogens (primary N) is 1. The standard InChI is InChI=1S/C25H20F4N6O4S/c26-18-7-1-15(2-8-18)13-31-23-33-21(34-24(35-23)39-14-25(27,28)29)16-3-5-17(6-4-16)22(36)32-19-9-11-20(12-10-19)40(30,37)38/h1-12H,13-14H2,(H,32,36)(H2,30,37,38)(H,31,33,34,35). The molecular weight excluding hydrogens is 556 g/mol. The molecule has 0 bridgehead atoms. The first-order valence-corrected chi connectivity index (χ1v) is 12.9. The van der Waals surface area contributed by atoms with Gasteiger partial charge in [0.25, 0.3) is 5.91 Å². The van der Waals surface area contributed by atoms with Crippen molar-refractivity contribution in [3.63, 3.8) is 0 Å². The van der Waals surface area contributed by atoms with Crippen molar-refractivity contribution >= 4 is 27.6 Å². The van der Waals surface area contributed by atoms with E-state index < -0.39 is 40.5 Å². The van der Waals surface area contributed by atoms with Crippen molar-refractivity contribution in [2.75, 3.05) is 17.2 Å². The van der Waals surface area contributed by atoms with Gasteiger partial charge in [-0.25, -0.2) is 17.9 Å². The maximum Gasteiger partial charge on any atom is 0.422 e. The lowest BCUT2D eigenvalue weighted by Gasteiger charge is -2.11. The molecule has 0 aliphatic carbocycles. The molecule has 4 aromatic rings. The Labute approximate surface area is 225 Å². The Hall–Kier alpha value is -4.63. The van der Waals surface area contributed by atoms with Crippen molar-refractivity contribution in [2.24, 2.45) is 5.14 Å². The number of carbonyl (C=O) groups is 1. The van der Waals surface area contributed by atoms with Crippen LogP contribution >= 0.6 is 0 Å². The van der Waals surface area contributed by atoms with Gasteiger partial charge in [-0.1, -0.05) is 24.3 Å². The number of carbonyl (C=O) groups excluding carboxylic acids is 1. The van der Waals surface area contributed by atoms with Crippen molar-refractivity contribution < 1.29 is 35.5 Å². The number of benzene rings is 3. The summed E-state index contributed by atoms with van der Waals surface area (Å²) in [6.07, 6.45) is -4.62. The second kappa shape index (κ2) is 11.6. The zero-order valence-electron chi connectivity index (χ0n) is 20.3. The fourth-order valence-corrected chi connectivity index (χ4v) is 3.78. The highest BCUT2D eigenvalue weighted by Gasteiger charge is 2.29. The largest absolute Gasteiger partial charge is 0.454 e. The number of ether oxygens (including phenoxy) is 1. The number of amides is 1. The summed E-state index contributed by atoms with van der Waals surface area (Å²) in [5, 5.41) is 10.5. The Morgan fingerprint density at radius 2 is 1.55 bits per heavy atom. The predicted octanol–water partition coefficient (Wildman–Crippen LogP) is 4.13. The van der Waals surface area contributed by atoms with Gasteiger partial charge in [0.2, 0.25) is 16.0 Å². The average Bonchev–Trinajstić information content (AvgIpc) is 2.91. The van der Waals surface area contributed by atoms with E-state index in [0.717, 1.165) is 0 Å². The maximum atomic E-state index is 13.2. The zero-order valence-corrected chi connectivity index (χ0v) is 21.1. The van der Waals surface area contributed by atoms with Crippen LogP contribution in [0.15, 0.2) is 77.7 Å². The summed E-state index contributed by atoms with van der Waals surface area (Å²) in [5.41, 5.74) is 1.55. The Bertz CT molecular complexity index is 1600. The highest BCUT2D eigenvalue weighted by Crippen LogP contribution is 2.23.